The summed E-state index contributed by atoms with van der Waals surface area (Å²) in [5.74, 6) is 0.804. The van der Waals surface area contributed by atoms with Gasteiger partial charge < -0.3 is 15.2 Å². The van der Waals surface area contributed by atoms with Gasteiger partial charge in [-0.1, -0.05) is 30.3 Å². The minimum absolute atomic E-state index is 0.345. The van der Waals surface area contributed by atoms with Crippen LogP contribution < -0.4 is 5.32 Å². The number of ether oxygens (including phenoxy) is 1. The van der Waals surface area contributed by atoms with E-state index in [4.69, 9.17) is 4.74 Å². The largest absolute Gasteiger partial charge is 0.391 e. The molecule has 2 aromatic heterocycles. The number of nitrogens with one attached hydrogen (secondary N) is 1. The highest BCUT2D eigenvalue weighted by molar-refractivity contribution is 7.21. The average Bonchev–Trinajstić information content (AvgIpc) is 3.01. The van der Waals surface area contributed by atoms with Crippen molar-refractivity contribution >= 4 is 27.4 Å². The number of anilines is 1. The summed E-state index contributed by atoms with van der Waals surface area (Å²) in [7, 11) is 1.58. The van der Waals surface area contributed by atoms with Gasteiger partial charge in [0.15, 0.2) is 0 Å². The fourth-order valence-electron chi connectivity index (χ4n) is 2.37. The second kappa shape index (κ2) is 7.50. The number of hydrogen-bond acceptors (Lipinski definition) is 6. The fraction of sp³-hybridized carbons (Fsp3) is 0.294. The number of aliphatic hydroxyl groups is 1. The van der Waals surface area contributed by atoms with Gasteiger partial charge in [-0.05, 0) is 18.1 Å². The third-order valence-corrected chi connectivity index (χ3v) is 4.61. The lowest BCUT2D eigenvalue weighted by Crippen LogP contribution is -2.18. The summed E-state index contributed by atoms with van der Waals surface area (Å²) in [6.07, 6.45) is 1.71. The van der Waals surface area contributed by atoms with Crippen molar-refractivity contribution in [3.05, 3.63) is 42.7 Å². The molecule has 0 bridgehead atoms. The van der Waals surface area contributed by atoms with E-state index >= 15 is 0 Å². The molecule has 0 aliphatic rings. The van der Waals surface area contributed by atoms with E-state index in [1.807, 2.05) is 18.2 Å². The molecule has 23 heavy (non-hydrogen) atoms. The molecule has 120 valence electrons. The number of fused-ring (bicyclic) bond motifs is 1. The van der Waals surface area contributed by atoms with Crippen molar-refractivity contribution in [2.75, 3.05) is 25.6 Å². The first-order valence-electron chi connectivity index (χ1n) is 7.49. The number of methoxy groups -OCH3 is 1. The van der Waals surface area contributed by atoms with E-state index in [0.717, 1.165) is 16.0 Å². The number of benzene rings is 1. The van der Waals surface area contributed by atoms with Crippen molar-refractivity contribution in [3.63, 3.8) is 0 Å². The summed E-state index contributed by atoms with van der Waals surface area (Å²) < 4.78 is 4.93. The molecule has 5 nitrogen and oxygen atoms in total. The highest BCUT2D eigenvalue weighted by Crippen LogP contribution is 2.34. The number of thiophene rings is 1. The Balaban J connectivity index is 1.77. The van der Waals surface area contributed by atoms with Crippen LogP contribution >= 0.6 is 11.3 Å². The molecule has 3 aromatic rings. The molecule has 0 spiro atoms. The average molecular weight is 329 g/mol. The van der Waals surface area contributed by atoms with Crippen LogP contribution in [0.5, 0.6) is 0 Å². The van der Waals surface area contributed by atoms with Gasteiger partial charge in [-0.2, -0.15) is 0 Å². The Morgan fingerprint density at radius 2 is 2.09 bits per heavy atom. The lowest BCUT2D eigenvalue weighted by Gasteiger charge is -2.10. The van der Waals surface area contributed by atoms with Crippen LogP contribution in [0.4, 0.5) is 5.82 Å². The van der Waals surface area contributed by atoms with Crippen molar-refractivity contribution in [3.8, 4) is 10.4 Å². The zero-order chi connectivity index (χ0) is 16.1. The predicted molar refractivity (Wildman–Crippen MR) is 93.8 cm³/mol. The van der Waals surface area contributed by atoms with Gasteiger partial charge in [0.25, 0.3) is 0 Å². The maximum atomic E-state index is 9.70. The Morgan fingerprint density at radius 3 is 2.87 bits per heavy atom. The Hall–Kier alpha value is -2.02. The van der Waals surface area contributed by atoms with Crippen molar-refractivity contribution in [2.45, 2.75) is 12.5 Å². The number of aliphatic hydroxyl groups excluding tert-OH is 1. The van der Waals surface area contributed by atoms with Crippen LogP contribution in [-0.4, -0.2) is 41.4 Å². The number of hydrogen-bond donors (Lipinski definition) is 2. The molecular weight excluding hydrogens is 310 g/mol. The standard InChI is InChI=1S/C17H19N3O2S/c1-22-10-13(21)7-8-18-16-14-9-15(12-5-3-2-4-6-12)23-17(14)20-11-19-16/h2-6,9,11,13,21H,7-8,10H2,1H3,(H,18,19,20). The second-order valence-electron chi connectivity index (χ2n) is 5.24. The molecule has 0 saturated heterocycles. The van der Waals surface area contributed by atoms with Crippen LogP contribution in [0.15, 0.2) is 42.7 Å². The summed E-state index contributed by atoms with van der Waals surface area (Å²) >= 11 is 1.65. The molecule has 0 radical (unpaired) electrons. The lowest BCUT2D eigenvalue weighted by molar-refractivity contribution is 0.0615. The van der Waals surface area contributed by atoms with E-state index in [0.29, 0.717) is 19.6 Å². The molecule has 1 atom stereocenters. The lowest BCUT2D eigenvalue weighted by atomic mass is 10.2. The van der Waals surface area contributed by atoms with Crippen molar-refractivity contribution < 1.29 is 9.84 Å². The van der Waals surface area contributed by atoms with Crippen LogP contribution in [0.25, 0.3) is 20.7 Å². The predicted octanol–water partition coefficient (Wildman–Crippen LogP) is 3.17. The molecule has 2 N–H and O–H groups in total. The summed E-state index contributed by atoms with van der Waals surface area (Å²) in [6.45, 7) is 0.977. The van der Waals surface area contributed by atoms with Gasteiger partial charge in [0.05, 0.1) is 18.1 Å². The smallest absolute Gasteiger partial charge is 0.138 e. The number of nitrogens with zero attached hydrogens (tertiary/aromatic N) is 2. The Bertz CT molecular complexity index is 761. The van der Waals surface area contributed by atoms with E-state index < -0.39 is 6.10 Å². The Morgan fingerprint density at radius 1 is 1.26 bits per heavy atom. The van der Waals surface area contributed by atoms with Gasteiger partial charge in [0, 0.05) is 18.5 Å². The maximum absolute atomic E-state index is 9.70. The van der Waals surface area contributed by atoms with Gasteiger partial charge in [0.2, 0.25) is 0 Å². The molecule has 3 rings (SSSR count). The maximum Gasteiger partial charge on any atom is 0.138 e. The molecule has 1 aromatic carbocycles. The monoisotopic (exact) mass is 329 g/mol. The zero-order valence-electron chi connectivity index (χ0n) is 12.9. The molecule has 6 heteroatoms. The van der Waals surface area contributed by atoms with Crippen molar-refractivity contribution in [1.82, 2.24) is 9.97 Å². The van der Waals surface area contributed by atoms with Gasteiger partial charge in [0.1, 0.15) is 17.0 Å². The summed E-state index contributed by atoms with van der Waals surface area (Å²) in [5.41, 5.74) is 1.18. The topological polar surface area (TPSA) is 67.3 Å². The van der Waals surface area contributed by atoms with E-state index in [1.165, 1.54) is 10.4 Å². The van der Waals surface area contributed by atoms with Crippen LogP contribution in [0.1, 0.15) is 6.42 Å². The number of rotatable bonds is 7. The quantitative estimate of drug-likeness (QED) is 0.697. The first-order valence-corrected chi connectivity index (χ1v) is 8.30. The summed E-state index contributed by atoms with van der Waals surface area (Å²) in [5, 5.41) is 14.0. The Kier molecular flexibility index (Phi) is 5.17. The summed E-state index contributed by atoms with van der Waals surface area (Å²) in [4.78, 5) is 10.8. The molecule has 1 unspecified atom stereocenters. The fourth-order valence-corrected chi connectivity index (χ4v) is 3.38. The molecule has 0 aliphatic carbocycles. The van der Waals surface area contributed by atoms with Crippen LogP contribution in [-0.2, 0) is 4.74 Å². The molecule has 0 amide bonds. The molecular formula is C17H19N3O2S. The number of aromatic nitrogens is 2. The van der Waals surface area contributed by atoms with Crippen LogP contribution in [0.3, 0.4) is 0 Å². The first-order chi connectivity index (χ1) is 11.3. The van der Waals surface area contributed by atoms with Gasteiger partial charge >= 0.3 is 0 Å². The minimum Gasteiger partial charge on any atom is -0.391 e. The highest BCUT2D eigenvalue weighted by Gasteiger charge is 2.10. The van der Waals surface area contributed by atoms with Crippen LogP contribution in [0, 0.1) is 0 Å². The molecule has 0 aliphatic heterocycles. The molecule has 0 saturated carbocycles. The Labute approximate surface area is 139 Å². The zero-order valence-corrected chi connectivity index (χ0v) is 13.7. The third kappa shape index (κ3) is 3.85. The SMILES string of the molecule is COCC(O)CCNc1ncnc2sc(-c3ccccc3)cc12. The van der Waals surface area contributed by atoms with Gasteiger partial charge in [-0.3, -0.25) is 0 Å². The molecule has 0 fully saturated rings. The van der Waals surface area contributed by atoms with E-state index in [9.17, 15) is 5.11 Å². The normalized spacial score (nSPS) is 12.4. The van der Waals surface area contributed by atoms with E-state index in [1.54, 1.807) is 24.8 Å². The highest BCUT2D eigenvalue weighted by atomic mass is 32.1. The van der Waals surface area contributed by atoms with E-state index in [-0.39, 0.29) is 0 Å². The summed E-state index contributed by atoms with van der Waals surface area (Å²) in [6, 6.07) is 12.4. The van der Waals surface area contributed by atoms with Gasteiger partial charge in [-0.25, -0.2) is 9.97 Å². The van der Waals surface area contributed by atoms with Crippen molar-refractivity contribution in [2.24, 2.45) is 0 Å². The van der Waals surface area contributed by atoms with Crippen LogP contribution in [0.2, 0.25) is 0 Å². The second-order valence-corrected chi connectivity index (χ2v) is 6.27. The minimum atomic E-state index is -0.466. The first kappa shape index (κ1) is 15.9. The van der Waals surface area contributed by atoms with Gasteiger partial charge in [-0.15, -0.1) is 11.3 Å². The van der Waals surface area contributed by atoms with E-state index in [2.05, 4.69) is 33.5 Å². The molecule has 2 heterocycles. The van der Waals surface area contributed by atoms with Crippen molar-refractivity contribution in [1.29, 1.82) is 0 Å². The third-order valence-electron chi connectivity index (χ3n) is 3.52.